The number of hydrogen-bond acceptors (Lipinski definition) is 2. The molecule has 0 N–H and O–H groups in total. The van der Waals surface area contributed by atoms with Crippen molar-refractivity contribution < 1.29 is 0 Å². The third-order valence-corrected chi connectivity index (χ3v) is 16.3. The molecule has 4 heteroatoms. The summed E-state index contributed by atoms with van der Waals surface area (Å²) in [6, 6.07) is 117. The van der Waals surface area contributed by atoms with E-state index in [0.29, 0.717) is 0 Å². The first kappa shape index (κ1) is 49.1. The standard InChI is InChI=1S/C79H56N4/c1-55-50-70(80(66-40-30-58(31-41-66)56-18-6-2-7-19-56)68-44-34-60(35-45-68)62-38-48-78-74(52-62)72-26-14-16-28-76(72)82(78)64-22-10-4-11-23-64)54-71(51-55)81(67-42-32-59(33-43-67)57-20-8-3-9-21-57)69-46-36-61(37-47-69)63-39-49-79-75(53-63)73-27-15-17-29-77(73)83(79)65-24-12-5-13-25-65/h2-54H,1H3. The minimum absolute atomic E-state index is 1.06. The van der Waals surface area contributed by atoms with Crippen LogP contribution in [0.4, 0.5) is 34.1 Å². The second-order valence-corrected chi connectivity index (χ2v) is 21.5. The molecule has 0 aliphatic carbocycles. The Bertz CT molecular complexity index is 4490. The first-order valence-electron chi connectivity index (χ1n) is 28.5. The van der Waals surface area contributed by atoms with Gasteiger partial charge < -0.3 is 18.9 Å². The lowest BCUT2D eigenvalue weighted by atomic mass is 10.0. The van der Waals surface area contributed by atoms with Crippen LogP contribution in [0, 0.1) is 6.92 Å². The summed E-state index contributed by atoms with van der Waals surface area (Å²) < 4.78 is 4.75. The van der Waals surface area contributed by atoms with Crippen LogP contribution in [0.1, 0.15) is 5.56 Å². The Hall–Kier alpha value is -10.9. The predicted octanol–water partition coefficient (Wildman–Crippen LogP) is 21.8. The Kier molecular flexibility index (Phi) is 12.4. The Morgan fingerprint density at radius 3 is 0.843 bits per heavy atom. The maximum Gasteiger partial charge on any atom is 0.0541 e. The highest BCUT2D eigenvalue weighted by Crippen LogP contribution is 2.44. The second-order valence-electron chi connectivity index (χ2n) is 21.5. The number of benzene rings is 13. The quantitative estimate of drug-likeness (QED) is 0.121. The van der Waals surface area contributed by atoms with Gasteiger partial charge in [-0.05, 0) is 184 Å². The van der Waals surface area contributed by atoms with E-state index in [0.717, 1.165) is 62.2 Å². The van der Waals surface area contributed by atoms with Crippen LogP contribution in [-0.4, -0.2) is 9.13 Å². The third kappa shape index (κ3) is 9.09. The van der Waals surface area contributed by atoms with E-state index in [1.54, 1.807) is 0 Å². The molecule has 0 unspecified atom stereocenters. The molecule has 13 aromatic carbocycles. The van der Waals surface area contributed by atoms with E-state index in [1.165, 1.54) is 77.0 Å². The van der Waals surface area contributed by atoms with Crippen LogP contribution >= 0.6 is 0 Å². The average molecular weight is 1060 g/mol. The van der Waals surface area contributed by atoms with Gasteiger partial charge >= 0.3 is 0 Å². The lowest BCUT2D eigenvalue weighted by molar-refractivity contribution is 1.18. The van der Waals surface area contributed by atoms with E-state index < -0.39 is 0 Å². The number of anilines is 6. The molecule has 2 heterocycles. The molecule has 0 fully saturated rings. The number of fused-ring (bicyclic) bond motifs is 6. The number of aromatic nitrogens is 2. The number of rotatable bonds is 12. The third-order valence-electron chi connectivity index (χ3n) is 16.3. The minimum atomic E-state index is 1.06. The highest BCUT2D eigenvalue weighted by Gasteiger charge is 2.21. The van der Waals surface area contributed by atoms with Gasteiger partial charge in [-0.1, -0.05) is 194 Å². The van der Waals surface area contributed by atoms with Gasteiger partial charge in [-0.15, -0.1) is 0 Å². The highest BCUT2D eigenvalue weighted by molar-refractivity contribution is 6.11. The van der Waals surface area contributed by atoms with Crippen molar-refractivity contribution in [3.63, 3.8) is 0 Å². The second kappa shape index (κ2) is 20.9. The monoisotopic (exact) mass is 1060 g/mol. The molecular weight excluding hydrogens is 1000 g/mol. The van der Waals surface area contributed by atoms with Crippen LogP contribution in [0.2, 0.25) is 0 Å². The maximum absolute atomic E-state index is 2.40. The summed E-state index contributed by atoms with van der Waals surface area (Å²) in [5, 5.41) is 4.95. The number of para-hydroxylation sites is 4. The topological polar surface area (TPSA) is 16.3 Å². The smallest absolute Gasteiger partial charge is 0.0541 e. The first-order chi connectivity index (χ1) is 41.1. The number of nitrogens with zero attached hydrogens (tertiary/aromatic N) is 4. The minimum Gasteiger partial charge on any atom is -0.310 e. The molecule has 2 aromatic heterocycles. The first-order valence-corrected chi connectivity index (χ1v) is 28.5. The molecule has 15 aromatic rings. The van der Waals surface area contributed by atoms with Gasteiger partial charge in [0.2, 0.25) is 0 Å². The van der Waals surface area contributed by atoms with Crippen molar-refractivity contribution in [3.8, 4) is 55.9 Å². The summed E-state index contributed by atoms with van der Waals surface area (Å²) in [6.07, 6.45) is 0. The van der Waals surface area contributed by atoms with Gasteiger partial charge in [0.1, 0.15) is 0 Å². The molecule has 83 heavy (non-hydrogen) atoms. The summed E-state index contributed by atoms with van der Waals surface area (Å²) in [5.74, 6) is 0. The molecule has 0 spiro atoms. The van der Waals surface area contributed by atoms with Gasteiger partial charge in [-0.3, -0.25) is 0 Å². The van der Waals surface area contributed by atoms with Gasteiger partial charge in [0.05, 0.1) is 22.1 Å². The molecule has 0 saturated heterocycles. The molecule has 0 saturated carbocycles. The van der Waals surface area contributed by atoms with Gasteiger partial charge in [0, 0.05) is 67.0 Å². The molecule has 0 aliphatic heterocycles. The summed E-state index contributed by atoms with van der Waals surface area (Å²) >= 11 is 0. The Labute approximate surface area is 483 Å². The van der Waals surface area contributed by atoms with Crippen molar-refractivity contribution in [2.75, 3.05) is 9.80 Å². The van der Waals surface area contributed by atoms with E-state index >= 15 is 0 Å². The van der Waals surface area contributed by atoms with E-state index in [9.17, 15) is 0 Å². The van der Waals surface area contributed by atoms with Crippen molar-refractivity contribution in [3.05, 3.63) is 327 Å². The molecule has 0 radical (unpaired) electrons. The fraction of sp³-hybridized carbons (Fsp3) is 0.0127. The van der Waals surface area contributed by atoms with E-state index in [1.807, 2.05) is 0 Å². The maximum atomic E-state index is 2.40. The van der Waals surface area contributed by atoms with Crippen molar-refractivity contribution >= 4 is 77.7 Å². The molecule has 0 aliphatic rings. The summed E-state index contributed by atoms with van der Waals surface area (Å²) in [7, 11) is 0. The number of aryl methyl sites for hydroxylation is 1. The van der Waals surface area contributed by atoms with Gasteiger partial charge in [0.15, 0.2) is 0 Å². The van der Waals surface area contributed by atoms with Crippen molar-refractivity contribution in [2.45, 2.75) is 6.92 Å². The van der Waals surface area contributed by atoms with Gasteiger partial charge in [0.25, 0.3) is 0 Å². The zero-order valence-corrected chi connectivity index (χ0v) is 45.9. The Morgan fingerprint density at radius 2 is 0.482 bits per heavy atom. The van der Waals surface area contributed by atoms with Gasteiger partial charge in [-0.25, -0.2) is 0 Å². The summed E-state index contributed by atoms with van der Waals surface area (Å²) in [4.78, 5) is 4.80. The molecular formula is C79H56N4. The van der Waals surface area contributed by atoms with Crippen LogP contribution in [0.15, 0.2) is 322 Å². The number of hydrogen-bond donors (Lipinski definition) is 0. The predicted molar refractivity (Wildman–Crippen MR) is 351 cm³/mol. The van der Waals surface area contributed by atoms with E-state index in [2.05, 4.69) is 347 Å². The van der Waals surface area contributed by atoms with Crippen LogP contribution < -0.4 is 9.80 Å². The van der Waals surface area contributed by atoms with Crippen LogP contribution in [-0.2, 0) is 0 Å². The van der Waals surface area contributed by atoms with Crippen LogP contribution in [0.5, 0.6) is 0 Å². The molecule has 392 valence electrons. The van der Waals surface area contributed by atoms with E-state index in [4.69, 9.17) is 0 Å². The Morgan fingerprint density at radius 1 is 0.205 bits per heavy atom. The molecule has 0 bridgehead atoms. The fourth-order valence-electron chi connectivity index (χ4n) is 12.4. The normalized spacial score (nSPS) is 11.4. The SMILES string of the molecule is Cc1cc(N(c2ccc(-c3ccccc3)cc2)c2ccc(-c3ccc4c(c3)c3ccccc3n4-c3ccccc3)cc2)cc(N(c2ccc(-c3ccccc3)cc2)c2ccc(-c3ccc4c(c3)c3ccccc3n4-c3ccccc3)cc2)c1. The summed E-state index contributed by atoms with van der Waals surface area (Å²) in [6.45, 7) is 2.21. The van der Waals surface area contributed by atoms with Crippen LogP contribution in [0.25, 0.3) is 99.5 Å². The lowest BCUT2D eigenvalue weighted by Gasteiger charge is -2.30. The molecule has 0 atom stereocenters. The zero-order chi connectivity index (χ0) is 55.2. The highest BCUT2D eigenvalue weighted by atomic mass is 15.2. The fourth-order valence-corrected chi connectivity index (χ4v) is 12.4. The van der Waals surface area contributed by atoms with Crippen LogP contribution in [0.3, 0.4) is 0 Å². The molecule has 15 rings (SSSR count). The molecule has 0 amide bonds. The van der Waals surface area contributed by atoms with Gasteiger partial charge in [-0.2, -0.15) is 0 Å². The largest absolute Gasteiger partial charge is 0.310 e. The van der Waals surface area contributed by atoms with Crippen molar-refractivity contribution in [1.82, 2.24) is 9.13 Å². The lowest BCUT2D eigenvalue weighted by Crippen LogP contribution is -2.13. The Balaban J connectivity index is 0.833. The van der Waals surface area contributed by atoms with Crippen molar-refractivity contribution in [1.29, 1.82) is 0 Å². The summed E-state index contributed by atoms with van der Waals surface area (Å²) in [5.41, 5.74) is 24.0. The zero-order valence-electron chi connectivity index (χ0n) is 45.9. The average Bonchev–Trinajstić information content (AvgIpc) is 3.47. The van der Waals surface area contributed by atoms with E-state index in [-0.39, 0.29) is 0 Å². The van der Waals surface area contributed by atoms with Crippen molar-refractivity contribution in [2.24, 2.45) is 0 Å². The molecule has 4 nitrogen and oxygen atoms in total.